The van der Waals surface area contributed by atoms with Gasteiger partial charge in [-0.1, -0.05) is 6.92 Å². The zero-order valence-electron chi connectivity index (χ0n) is 11.2. The molecule has 2 N–H and O–H groups in total. The van der Waals surface area contributed by atoms with Gasteiger partial charge in [0.25, 0.3) is 5.91 Å². The third kappa shape index (κ3) is 3.78. The van der Waals surface area contributed by atoms with E-state index in [2.05, 4.69) is 22.5 Å². The standard InChI is InChI=1S/C15H16FN3O/c1-2-8-17-13-7-9-18-14(10-13)15(20)19-12-5-3-11(16)4-6-12/h3-7,9-10H,2,8H2,1H3,(H,17,18)(H,19,20). The van der Waals surface area contributed by atoms with Crippen LogP contribution in [0.3, 0.4) is 0 Å². The smallest absolute Gasteiger partial charge is 0.274 e. The maximum Gasteiger partial charge on any atom is 0.274 e. The summed E-state index contributed by atoms with van der Waals surface area (Å²) in [5.74, 6) is -0.663. The van der Waals surface area contributed by atoms with Crippen molar-refractivity contribution in [3.63, 3.8) is 0 Å². The van der Waals surface area contributed by atoms with Crippen LogP contribution in [0.1, 0.15) is 23.8 Å². The van der Waals surface area contributed by atoms with Gasteiger partial charge < -0.3 is 10.6 Å². The van der Waals surface area contributed by atoms with E-state index in [0.717, 1.165) is 18.7 Å². The molecule has 20 heavy (non-hydrogen) atoms. The second kappa shape index (κ2) is 6.65. The number of rotatable bonds is 5. The van der Waals surface area contributed by atoms with Crippen LogP contribution >= 0.6 is 0 Å². The molecule has 0 saturated heterocycles. The number of benzene rings is 1. The first-order valence-electron chi connectivity index (χ1n) is 6.46. The highest BCUT2D eigenvalue weighted by molar-refractivity contribution is 6.03. The fourth-order valence-corrected chi connectivity index (χ4v) is 1.66. The van der Waals surface area contributed by atoms with Crippen molar-refractivity contribution in [2.24, 2.45) is 0 Å². The molecule has 1 aromatic heterocycles. The summed E-state index contributed by atoms with van der Waals surface area (Å²) in [6, 6.07) is 9.10. The quantitative estimate of drug-likeness (QED) is 0.879. The molecule has 0 aliphatic carbocycles. The molecule has 104 valence electrons. The van der Waals surface area contributed by atoms with Crippen molar-refractivity contribution < 1.29 is 9.18 Å². The van der Waals surface area contributed by atoms with Crippen molar-refractivity contribution >= 4 is 17.3 Å². The van der Waals surface area contributed by atoms with Gasteiger partial charge in [-0.05, 0) is 42.8 Å². The second-order valence-corrected chi connectivity index (χ2v) is 4.32. The lowest BCUT2D eigenvalue weighted by molar-refractivity contribution is 0.102. The van der Waals surface area contributed by atoms with Gasteiger partial charge >= 0.3 is 0 Å². The Hall–Kier alpha value is -2.43. The largest absolute Gasteiger partial charge is 0.385 e. The molecular weight excluding hydrogens is 257 g/mol. The van der Waals surface area contributed by atoms with Crippen LogP contribution < -0.4 is 10.6 Å². The van der Waals surface area contributed by atoms with Crippen molar-refractivity contribution in [3.05, 3.63) is 54.1 Å². The number of carbonyl (C=O) groups is 1. The molecule has 4 nitrogen and oxygen atoms in total. The Morgan fingerprint density at radius 1 is 1.20 bits per heavy atom. The van der Waals surface area contributed by atoms with Crippen molar-refractivity contribution in [2.75, 3.05) is 17.2 Å². The van der Waals surface area contributed by atoms with E-state index >= 15 is 0 Å². The van der Waals surface area contributed by atoms with Crippen molar-refractivity contribution in [1.29, 1.82) is 0 Å². The third-order valence-corrected chi connectivity index (χ3v) is 2.67. The minimum absolute atomic E-state index is 0.315. The van der Waals surface area contributed by atoms with Crippen LogP contribution in [0.5, 0.6) is 0 Å². The maximum absolute atomic E-state index is 12.8. The third-order valence-electron chi connectivity index (χ3n) is 2.67. The van der Waals surface area contributed by atoms with Gasteiger partial charge in [0.15, 0.2) is 0 Å². The number of pyridine rings is 1. The number of nitrogens with zero attached hydrogens (tertiary/aromatic N) is 1. The molecule has 0 atom stereocenters. The lowest BCUT2D eigenvalue weighted by Gasteiger charge is -2.07. The van der Waals surface area contributed by atoms with E-state index in [-0.39, 0.29) is 11.7 Å². The van der Waals surface area contributed by atoms with Crippen LogP contribution in [-0.2, 0) is 0 Å². The summed E-state index contributed by atoms with van der Waals surface area (Å²) in [5.41, 5.74) is 1.70. The van der Waals surface area contributed by atoms with Crippen LogP contribution in [0.25, 0.3) is 0 Å². The highest BCUT2D eigenvalue weighted by atomic mass is 19.1. The van der Waals surface area contributed by atoms with E-state index < -0.39 is 0 Å². The Kier molecular flexibility index (Phi) is 4.65. The van der Waals surface area contributed by atoms with Crippen LogP contribution in [0.2, 0.25) is 0 Å². The number of aromatic nitrogens is 1. The van der Waals surface area contributed by atoms with Gasteiger partial charge in [-0.2, -0.15) is 0 Å². The van der Waals surface area contributed by atoms with Gasteiger partial charge in [0.05, 0.1) is 0 Å². The Morgan fingerprint density at radius 2 is 1.95 bits per heavy atom. The highest BCUT2D eigenvalue weighted by Gasteiger charge is 2.08. The Bertz CT molecular complexity index is 584. The molecule has 0 aliphatic heterocycles. The Labute approximate surface area is 117 Å². The summed E-state index contributed by atoms with van der Waals surface area (Å²) in [6.45, 7) is 2.90. The monoisotopic (exact) mass is 273 g/mol. The Morgan fingerprint density at radius 3 is 2.65 bits per heavy atom. The topological polar surface area (TPSA) is 54.0 Å². The molecule has 1 amide bonds. The molecule has 1 aromatic carbocycles. The van der Waals surface area contributed by atoms with E-state index in [9.17, 15) is 9.18 Å². The van der Waals surface area contributed by atoms with E-state index in [1.54, 1.807) is 12.3 Å². The van der Waals surface area contributed by atoms with E-state index in [4.69, 9.17) is 0 Å². The number of hydrogen-bond acceptors (Lipinski definition) is 3. The lowest BCUT2D eigenvalue weighted by atomic mass is 10.2. The molecule has 0 radical (unpaired) electrons. The van der Waals surface area contributed by atoms with Crippen LogP contribution in [0.4, 0.5) is 15.8 Å². The molecule has 2 aromatic rings. The van der Waals surface area contributed by atoms with Gasteiger partial charge in [0.2, 0.25) is 0 Å². The molecule has 0 spiro atoms. The van der Waals surface area contributed by atoms with Gasteiger partial charge in [-0.15, -0.1) is 0 Å². The van der Waals surface area contributed by atoms with Gasteiger partial charge in [-0.25, -0.2) is 4.39 Å². The van der Waals surface area contributed by atoms with E-state index in [0.29, 0.717) is 11.4 Å². The minimum Gasteiger partial charge on any atom is -0.385 e. The first kappa shape index (κ1) is 14.0. The van der Waals surface area contributed by atoms with E-state index in [1.807, 2.05) is 6.07 Å². The van der Waals surface area contributed by atoms with Gasteiger partial charge in [0.1, 0.15) is 11.5 Å². The lowest BCUT2D eigenvalue weighted by Crippen LogP contribution is -2.14. The zero-order chi connectivity index (χ0) is 14.4. The summed E-state index contributed by atoms with van der Waals surface area (Å²) in [4.78, 5) is 16.1. The van der Waals surface area contributed by atoms with Gasteiger partial charge in [0, 0.05) is 24.1 Å². The second-order valence-electron chi connectivity index (χ2n) is 4.32. The fourth-order valence-electron chi connectivity index (χ4n) is 1.66. The zero-order valence-corrected chi connectivity index (χ0v) is 11.2. The van der Waals surface area contributed by atoms with Crippen molar-refractivity contribution in [3.8, 4) is 0 Å². The number of anilines is 2. The minimum atomic E-state index is -0.341. The average Bonchev–Trinajstić information content (AvgIpc) is 2.48. The molecule has 2 rings (SSSR count). The molecule has 0 aliphatic rings. The van der Waals surface area contributed by atoms with Crippen LogP contribution in [0.15, 0.2) is 42.6 Å². The number of hydrogen-bond donors (Lipinski definition) is 2. The SMILES string of the molecule is CCCNc1ccnc(C(=O)Nc2ccc(F)cc2)c1. The maximum atomic E-state index is 12.8. The summed E-state index contributed by atoms with van der Waals surface area (Å²) in [7, 11) is 0. The van der Waals surface area contributed by atoms with Crippen LogP contribution in [-0.4, -0.2) is 17.4 Å². The predicted molar refractivity (Wildman–Crippen MR) is 77.4 cm³/mol. The molecular formula is C15H16FN3O. The predicted octanol–water partition coefficient (Wildman–Crippen LogP) is 3.29. The van der Waals surface area contributed by atoms with Crippen LogP contribution in [0, 0.1) is 5.82 Å². The number of nitrogens with one attached hydrogen (secondary N) is 2. The Balaban J connectivity index is 2.06. The average molecular weight is 273 g/mol. The fraction of sp³-hybridized carbons (Fsp3) is 0.200. The van der Waals surface area contributed by atoms with Crippen molar-refractivity contribution in [1.82, 2.24) is 4.98 Å². The first-order chi connectivity index (χ1) is 9.69. The number of amides is 1. The van der Waals surface area contributed by atoms with E-state index in [1.165, 1.54) is 24.3 Å². The highest BCUT2D eigenvalue weighted by Crippen LogP contribution is 2.12. The summed E-state index contributed by atoms with van der Waals surface area (Å²) >= 11 is 0. The summed E-state index contributed by atoms with van der Waals surface area (Å²) in [6.07, 6.45) is 2.58. The molecule has 0 unspecified atom stereocenters. The molecule has 0 fully saturated rings. The van der Waals surface area contributed by atoms with Crippen molar-refractivity contribution in [2.45, 2.75) is 13.3 Å². The number of carbonyl (C=O) groups excluding carboxylic acids is 1. The first-order valence-corrected chi connectivity index (χ1v) is 6.46. The van der Waals surface area contributed by atoms with Gasteiger partial charge in [-0.3, -0.25) is 9.78 Å². The molecule has 5 heteroatoms. The summed E-state index contributed by atoms with van der Waals surface area (Å²) in [5, 5.41) is 5.86. The molecule has 0 saturated carbocycles. The number of halogens is 1. The normalized spacial score (nSPS) is 10.1. The summed E-state index contributed by atoms with van der Waals surface area (Å²) < 4.78 is 12.8. The molecule has 1 heterocycles. The molecule has 0 bridgehead atoms.